The molecule has 17 heavy (non-hydrogen) atoms. The molecule has 2 aromatic rings. The lowest BCUT2D eigenvalue weighted by molar-refractivity contribution is 0.415. The van der Waals surface area contributed by atoms with Crippen molar-refractivity contribution in [2.75, 3.05) is 18.2 Å². The summed E-state index contributed by atoms with van der Waals surface area (Å²) in [4.78, 5) is 0. The zero-order chi connectivity index (χ0) is 12.3. The number of rotatable bonds is 4. The number of nitrogens with one attached hydrogen (secondary N) is 1. The van der Waals surface area contributed by atoms with Crippen LogP contribution in [0.3, 0.4) is 0 Å². The van der Waals surface area contributed by atoms with Gasteiger partial charge in [0.1, 0.15) is 12.1 Å². The normalized spacial score (nSPS) is 10.2. The Morgan fingerprint density at radius 1 is 1.47 bits per heavy atom. The molecule has 6 heteroatoms. The van der Waals surface area contributed by atoms with E-state index in [1.165, 1.54) is 0 Å². The lowest BCUT2D eigenvalue weighted by atomic mass is 10.2. The highest BCUT2D eigenvalue weighted by Crippen LogP contribution is 2.24. The van der Waals surface area contributed by atoms with Gasteiger partial charge in [0.15, 0.2) is 5.82 Å². The van der Waals surface area contributed by atoms with E-state index >= 15 is 0 Å². The Labute approximate surface area is 99.4 Å². The van der Waals surface area contributed by atoms with Crippen LogP contribution in [0.25, 0.3) is 0 Å². The molecule has 0 spiro atoms. The molecule has 1 heterocycles. The molecule has 1 aromatic carbocycles. The zero-order valence-corrected chi connectivity index (χ0v) is 9.84. The van der Waals surface area contributed by atoms with Crippen molar-refractivity contribution in [1.29, 1.82) is 0 Å². The van der Waals surface area contributed by atoms with Gasteiger partial charge in [-0.15, -0.1) is 10.2 Å². The number of methoxy groups -OCH3 is 1. The summed E-state index contributed by atoms with van der Waals surface area (Å²) in [6.07, 6.45) is 1.66. The topological polar surface area (TPSA) is 78.0 Å². The second kappa shape index (κ2) is 4.73. The molecule has 0 saturated heterocycles. The van der Waals surface area contributed by atoms with E-state index < -0.39 is 0 Å². The van der Waals surface area contributed by atoms with Crippen LogP contribution in [-0.2, 0) is 13.6 Å². The maximum atomic E-state index is 5.86. The largest absolute Gasteiger partial charge is 0.497 e. The van der Waals surface area contributed by atoms with Crippen molar-refractivity contribution in [3.05, 3.63) is 30.4 Å². The summed E-state index contributed by atoms with van der Waals surface area (Å²) in [7, 11) is 3.52. The van der Waals surface area contributed by atoms with Gasteiger partial charge in [0, 0.05) is 13.1 Å². The molecule has 3 N–H and O–H groups in total. The maximum Gasteiger partial charge on any atom is 0.151 e. The average molecular weight is 233 g/mol. The van der Waals surface area contributed by atoms with Gasteiger partial charge < -0.3 is 20.4 Å². The highest BCUT2D eigenvalue weighted by atomic mass is 16.5. The van der Waals surface area contributed by atoms with E-state index in [4.69, 9.17) is 10.5 Å². The summed E-state index contributed by atoms with van der Waals surface area (Å²) in [5.41, 5.74) is 7.36. The highest BCUT2D eigenvalue weighted by Gasteiger charge is 2.04. The molecule has 0 radical (unpaired) electrons. The second-order valence-electron chi connectivity index (χ2n) is 3.66. The molecule has 90 valence electrons. The first-order valence-electron chi connectivity index (χ1n) is 5.21. The van der Waals surface area contributed by atoms with Gasteiger partial charge in [0.2, 0.25) is 0 Å². The average Bonchev–Trinajstić information content (AvgIpc) is 2.74. The van der Waals surface area contributed by atoms with Gasteiger partial charge in [-0.05, 0) is 12.1 Å². The van der Waals surface area contributed by atoms with E-state index in [9.17, 15) is 0 Å². The smallest absolute Gasteiger partial charge is 0.151 e. The fraction of sp³-hybridized carbons (Fsp3) is 0.273. The van der Waals surface area contributed by atoms with Crippen molar-refractivity contribution < 1.29 is 4.74 Å². The number of anilines is 2. The van der Waals surface area contributed by atoms with E-state index in [1.807, 2.05) is 23.7 Å². The van der Waals surface area contributed by atoms with Crippen molar-refractivity contribution in [3.8, 4) is 5.75 Å². The molecule has 1 aromatic heterocycles. The van der Waals surface area contributed by atoms with Crippen LogP contribution in [0.5, 0.6) is 5.75 Å². The molecule has 0 aliphatic rings. The minimum atomic E-state index is 0.563. The Hall–Kier alpha value is -2.24. The predicted octanol–water partition coefficient (Wildman–Crippen LogP) is 1.02. The van der Waals surface area contributed by atoms with Gasteiger partial charge in [0.25, 0.3) is 0 Å². The van der Waals surface area contributed by atoms with Crippen LogP contribution in [0.4, 0.5) is 11.4 Å². The zero-order valence-electron chi connectivity index (χ0n) is 9.84. The lowest BCUT2D eigenvalue weighted by Crippen LogP contribution is -2.07. The third-order valence-corrected chi connectivity index (χ3v) is 2.50. The summed E-state index contributed by atoms with van der Waals surface area (Å²) < 4.78 is 6.99. The van der Waals surface area contributed by atoms with Crippen LogP contribution in [0.2, 0.25) is 0 Å². The Bertz CT molecular complexity index is 508. The third-order valence-electron chi connectivity index (χ3n) is 2.50. The molecular weight excluding hydrogens is 218 g/mol. The quantitative estimate of drug-likeness (QED) is 0.771. The number of aryl methyl sites for hydroxylation is 1. The molecule has 2 rings (SSSR count). The molecule has 0 bridgehead atoms. The molecule has 0 fully saturated rings. The lowest BCUT2D eigenvalue weighted by Gasteiger charge is -2.10. The van der Waals surface area contributed by atoms with Crippen molar-refractivity contribution in [3.63, 3.8) is 0 Å². The monoisotopic (exact) mass is 233 g/mol. The summed E-state index contributed by atoms with van der Waals surface area (Å²) in [6, 6.07) is 5.48. The SMILES string of the molecule is COc1ccc(N)c(NCc2nncn2C)c1. The van der Waals surface area contributed by atoms with Crippen molar-refractivity contribution in [2.24, 2.45) is 7.05 Å². The first-order valence-corrected chi connectivity index (χ1v) is 5.21. The fourth-order valence-corrected chi connectivity index (χ4v) is 1.46. The Morgan fingerprint density at radius 2 is 2.29 bits per heavy atom. The van der Waals surface area contributed by atoms with Crippen LogP contribution in [0.1, 0.15) is 5.82 Å². The van der Waals surface area contributed by atoms with Gasteiger partial charge in [0.05, 0.1) is 25.0 Å². The van der Waals surface area contributed by atoms with Crippen LogP contribution in [0.15, 0.2) is 24.5 Å². The van der Waals surface area contributed by atoms with Crippen molar-refractivity contribution in [1.82, 2.24) is 14.8 Å². The van der Waals surface area contributed by atoms with Crippen LogP contribution in [-0.4, -0.2) is 21.9 Å². The first kappa shape index (κ1) is 11.3. The van der Waals surface area contributed by atoms with Gasteiger partial charge in [-0.2, -0.15) is 0 Å². The highest BCUT2D eigenvalue weighted by molar-refractivity contribution is 5.68. The molecule has 0 atom stereocenters. The number of hydrogen-bond acceptors (Lipinski definition) is 5. The van der Waals surface area contributed by atoms with Gasteiger partial charge in [-0.1, -0.05) is 0 Å². The molecule has 0 aliphatic carbocycles. The molecule has 0 aliphatic heterocycles. The van der Waals surface area contributed by atoms with Crippen LogP contribution in [0, 0.1) is 0 Å². The van der Waals surface area contributed by atoms with Crippen LogP contribution >= 0.6 is 0 Å². The molecule has 6 nitrogen and oxygen atoms in total. The Kier molecular flexibility index (Phi) is 3.13. The number of nitrogens with zero attached hydrogens (tertiary/aromatic N) is 3. The van der Waals surface area contributed by atoms with Gasteiger partial charge in [-0.25, -0.2) is 0 Å². The Balaban J connectivity index is 2.11. The number of nitrogens with two attached hydrogens (primary N) is 1. The molecule has 0 amide bonds. The van der Waals surface area contributed by atoms with E-state index in [0.29, 0.717) is 12.2 Å². The maximum absolute atomic E-state index is 5.86. The predicted molar refractivity (Wildman–Crippen MR) is 65.7 cm³/mol. The first-order chi connectivity index (χ1) is 8.20. The summed E-state index contributed by atoms with van der Waals surface area (Å²) >= 11 is 0. The molecule has 0 unspecified atom stereocenters. The minimum absolute atomic E-state index is 0.563. The van der Waals surface area contributed by atoms with E-state index in [1.54, 1.807) is 19.5 Å². The second-order valence-corrected chi connectivity index (χ2v) is 3.66. The number of benzene rings is 1. The number of ether oxygens (including phenoxy) is 1. The van der Waals surface area contributed by atoms with Crippen LogP contribution < -0.4 is 15.8 Å². The van der Waals surface area contributed by atoms with E-state index in [0.717, 1.165) is 17.3 Å². The number of aromatic nitrogens is 3. The summed E-state index contributed by atoms with van der Waals surface area (Å²) in [5.74, 6) is 1.60. The van der Waals surface area contributed by atoms with Gasteiger partial charge in [-0.3, -0.25) is 0 Å². The standard InChI is InChI=1S/C11H15N5O/c1-16-7-14-15-11(16)6-13-10-5-8(17-2)3-4-9(10)12/h3-5,7,13H,6,12H2,1-2H3. The number of hydrogen-bond donors (Lipinski definition) is 2. The minimum Gasteiger partial charge on any atom is -0.497 e. The molecule has 0 saturated carbocycles. The third kappa shape index (κ3) is 2.47. The van der Waals surface area contributed by atoms with Crippen molar-refractivity contribution >= 4 is 11.4 Å². The summed E-state index contributed by atoms with van der Waals surface area (Å²) in [6.45, 7) is 0.563. The van der Waals surface area contributed by atoms with Gasteiger partial charge >= 0.3 is 0 Å². The summed E-state index contributed by atoms with van der Waals surface area (Å²) in [5, 5.41) is 11.0. The van der Waals surface area contributed by atoms with E-state index in [-0.39, 0.29) is 0 Å². The molecular formula is C11H15N5O. The number of nitrogen functional groups attached to an aromatic ring is 1. The van der Waals surface area contributed by atoms with E-state index in [2.05, 4.69) is 15.5 Å². The fourth-order valence-electron chi connectivity index (χ4n) is 1.46. The van der Waals surface area contributed by atoms with Crippen molar-refractivity contribution in [2.45, 2.75) is 6.54 Å². The Morgan fingerprint density at radius 3 is 2.94 bits per heavy atom.